The average molecular weight is 265 g/mol. The number of rotatable bonds is 8. The van der Waals surface area contributed by atoms with Gasteiger partial charge in [-0.25, -0.2) is 0 Å². The number of benzene rings is 1. The minimum Gasteiger partial charge on any atom is -0.491 e. The standard InChI is InChI=1S/C16H27NO2/c1-12(2)14-6-5-7-15(13(3)4)16(14)19-11-10-18-9-8-17/h5-7,12-13H,8-11,17H2,1-4H3. The molecule has 0 bridgehead atoms. The summed E-state index contributed by atoms with van der Waals surface area (Å²) in [4.78, 5) is 0. The molecule has 1 aromatic rings. The molecule has 3 heteroatoms. The zero-order chi connectivity index (χ0) is 14.3. The van der Waals surface area contributed by atoms with E-state index in [9.17, 15) is 0 Å². The minimum absolute atomic E-state index is 0.457. The lowest BCUT2D eigenvalue weighted by Crippen LogP contribution is -2.14. The van der Waals surface area contributed by atoms with E-state index in [0.717, 1.165) is 5.75 Å². The third-order valence-corrected chi connectivity index (χ3v) is 3.06. The van der Waals surface area contributed by atoms with Gasteiger partial charge in [0.15, 0.2) is 0 Å². The first-order valence-electron chi connectivity index (χ1n) is 7.11. The van der Waals surface area contributed by atoms with Gasteiger partial charge in [0.1, 0.15) is 12.4 Å². The van der Waals surface area contributed by atoms with Crippen molar-refractivity contribution in [3.63, 3.8) is 0 Å². The Morgan fingerprint density at radius 1 is 0.947 bits per heavy atom. The zero-order valence-corrected chi connectivity index (χ0v) is 12.6. The van der Waals surface area contributed by atoms with Gasteiger partial charge >= 0.3 is 0 Å². The molecule has 0 atom stereocenters. The van der Waals surface area contributed by atoms with Crippen LogP contribution < -0.4 is 10.5 Å². The normalized spacial score (nSPS) is 11.3. The molecule has 0 aromatic heterocycles. The van der Waals surface area contributed by atoms with Crippen LogP contribution in [-0.4, -0.2) is 26.4 Å². The molecular formula is C16H27NO2. The Kier molecular flexibility index (Phi) is 6.89. The summed E-state index contributed by atoms with van der Waals surface area (Å²) in [5.41, 5.74) is 7.92. The monoisotopic (exact) mass is 265 g/mol. The molecular weight excluding hydrogens is 238 g/mol. The number of nitrogens with two attached hydrogens (primary N) is 1. The number of ether oxygens (including phenoxy) is 2. The summed E-state index contributed by atoms with van der Waals surface area (Å²) in [6, 6.07) is 6.40. The average Bonchev–Trinajstić information content (AvgIpc) is 2.38. The van der Waals surface area contributed by atoms with Crippen LogP contribution in [0.25, 0.3) is 0 Å². The molecule has 2 N–H and O–H groups in total. The molecule has 0 aliphatic rings. The fraction of sp³-hybridized carbons (Fsp3) is 0.625. The largest absolute Gasteiger partial charge is 0.491 e. The van der Waals surface area contributed by atoms with E-state index in [4.69, 9.17) is 15.2 Å². The van der Waals surface area contributed by atoms with E-state index in [1.54, 1.807) is 0 Å². The molecule has 0 unspecified atom stereocenters. The highest BCUT2D eigenvalue weighted by Crippen LogP contribution is 2.34. The molecule has 0 saturated heterocycles. The van der Waals surface area contributed by atoms with Crippen molar-refractivity contribution >= 4 is 0 Å². The second kappa shape index (κ2) is 8.18. The molecule has 0 amide bonds. The predicted octanol–water partition coefficient (Wildman–Crippen LogP) is 3.29. The van der Waals surface area contributed by atoms with Gasteiger partial charge in [-0.3, -0.25) is 0 Å². The Balaban J connectivity index is 2.77. The van der Waals surface area contributed by atoms with Crippen molar-refractivity contribution in [2.75, 3.05) is 26.4 Å². The molecule has 0 saturated carbocycles. The number of hydrogen-bond acceptors (Lipinski definition) is 3. The van der Waals surface area contributed by atoms with Crippen LogP contribution in [0.4, 0.5) is 0 Å². The highest BCUT2D eigenvalue weighted by atomic mass is 16.5. The van der Waals surface area contributed by atoms with Crippen LogP contribution in [0.2, 0.25) is 0 Å². The van der Waals surface area contributed by atoms with Gasteiger partial charge in [0.2, 0.25) is 0 Å². The van der Waals surface area contributed by atoms with Gasteiger partial charge in [0.25, 0.3) is 0 Å². The van der Waals surface area contributed by atoms with Crippen molar-refractivity contribution in [3.8, 4) is 5.75 Å². The number of para-hydroxylation sites is 1. The smallest absolute Gasteiger partial charge is 0.126 e. The van der Waals surface area contributed by atoms with Crippen molar-refractivity contribution in [2.45, 2.75) is 39.5 Å². The van der Waals surface area contributed by atoms with Gasteiger partial charge in [-0.15, -0.1) is 0 Å². The Bertz CT molecular complexity index is 349. The number of hydrogen-bond donors (Lipinski definition) is 1. The summed E-state index contributed by atoms with van der Waals surface area (Å²) in [6.45, 7) is 11.1. The van der Waals surface area contributed by atoms with Crippen LogP contribution in [0.15, 0.2) is 18.2 Å². The Labute approximate surface area is 117 Å². The lowest BCUT2D eigenvalue weighted by atomic mass is 9.94. The van der Waals surface area contributed by atoms with Gasteiger partial charge in [-0.1, -0.05) is 45.9 Å². The molecule has 0 aliphatic carbocycles. The van der Waals surface area contributed by atoms with Gasteiger partial charge < -0.3 is 15.2 Å². The van der Waals surface area contributed by atoms with E-state index in [0.29, 0.717) is 38.2 Å². The van der Waals surface area contributed by atoms with E-state index in [1.165, 1.54) is 11.1 Å². The summed E-state index contributed by atoms with van der Waals surface area (Å²) in [7, 11) is 0. The fourth-order valence-corrected chi connectivity index (χ4v) is 2.04. The molecule has 19 heavy (non-hydrogen) atoms. The lowest BCUT2D eigenvalue weighted by molar-refractivity contribution is 0.105. The first kappa shape index (κ1) is 16.0. The summed E-state index contributed by atoms with van der Waals surface area (Å²) in [5, 5.41) is 0. The van der Waals surface area contributed by atoms with E-state index >= 15 is 0 Å². The molecule has 0 radical (unpaired) electrons. The lowest BCUT2D eigenvalue weighted by Gasteiger charge is -2.20. The second-order valence-electron chi connectivity index (χ2n) is 5.32. The molecule has 3 nitrogen and oxygen atoms in total. The predicted molar refractivity (Wildman–Crippen MR) is 80.0 cm³/mol. The summed E-state index contributed by atoms with van der Waals surface area (Å²) < 4.78 is 11.3. The first-order chi connectivity index (χ1) is 9.07. The van der Waals surface area contributed by atoms with Crippen LogP contribution in [0, 0.1) is 0 Å². The van der Waals surface area contributed by atoms with Crippen LogP contribution in [0.3, 0.4) is 0 Å². The molecule has 0 fully saturated rings. The van der Waals surface area contributed by atoms with Crippen molar-refractivity contribution in [2.24, 2.45) is 5.73 Å². The summed E-state index contributed by atoms with van der Waals surface area (Å²) in [5.74, 6) is 1.95. The molecule has 0 aliphatic heterocycles. The van der Waals surface area contributed by atoms with Crippen molar-refractivity contribution in [3.05, 3.63) is 29.3 Å². The minimum atomic E-state index is 0.457. The van der Waals surface area contributed by atoms with E-state index in [1.807, 2.05) is 0 Å². The van der Waals surface area contributed by atoms with Crippen LogP contribution in [0.5, 0.6) is 5.75 Å². The molecule has 108 valence electrons. The molecule has 0 spiro atoms. The SMILES string of the molecule is CC(C)c1cccc(C(C)C)c1OCCOCCN. The van der Waals surface area contributed by atoms with Gasteiger partial charge in [0.05, 0.1) is 13.2 Å². The molecule has 0 heterocycles. The van der Waals surface area contributed by atoms with Crippen molar-refractivity contribution in [1.29, 1.82) is 0 Å². The highest BCUT2D eigenvalue weighted by Gasteiger charge is 2.14. The first-order valence-corrected chi connectivity index (χ1v) is 7.11. The maximum atomic E-state index is 5.97. The Morgan fingerprint density at radius 3 is 2.00 bits per heavy atom. The quantitative estimate of drug-likeness (QED) is 0.734. The van der Waals surface area contributed by atoms with Gasteiger partial charge in [0, 0.05) is 6.54 Å². The van der Waals surface area contributed by atoms with E-state index in [-0.39, 0.29) is 0 Å². The molecule has 1 rings (SSSR count). The van der Waals surface area contributed by atoms with Gasteiger partial charge in [-0.2, -0.15) is 0 Å². The summed E-state index contributed by atoms with van der Waals surface area (Å²) >= 11 is 0. The maximum Gasteiger partial charge on any atom is 0.126 e. The highest BCUT2D eigenvalue weighted by molar-refractivity contribution is 5.44. The third kappa shape index (κ3) is 4.84. The Morgan fingerprint density at radius 2 is 1.53 bits per heavy atom. The van der Waals surface area contributed by atoms with Crippen molar-refractivity contribution < 1.29 is 9.47 Å². The molecule has 1 aromatic carbocycles. The summed E-state index contributed by atoms with van der Waals surface area (Å²) in [6.07, 6.45) is 0. The van der Waals surface area contributed by atoms with Crippen LogP contribution in [0.1, 0.15) is 50.7 Å². The van der Waals surface area contributed by atoms with E-state index in [2.05, 4.69) is 45.9 Å². The van der Waals surface area contributed by atoms with Gasteiger partial charge in [-0.05, 0) is 23.0 Å². The van der Waals surface area contributed by atoms with Crippen LogP contribution in [-0.2, 0) is 4.74 Å². The van der Waals surface area contributed by atoms with Crippen LogP contribution >= 0.6 is 0 Å². The van der Waals surface area contributed by atoms with E-state index < -0.39 is 0 Å². The topological polar surface area (TPSA) is 44.5 Å². The Hall–Kier alpha value is -1.06. The van der Waals surface area contributed by atoms with Crippen molar-refractivity contribution in [1.82, 2.24) is 0 Å². The second-order valence-corrected chi connectivity index (χ2v) is 5.32. The third-order valence-electron chi connectivity index (χ3n) is 3.06. The zero-order valence-electron chi connectivity index (χ0n) is 12.6. The fourth-order valence-electron chi connectivity index (χ4n) is 2.04. The maximum absolute atomic E-state index is 5.97.